The number of amides is 1. The van der Waals surface area contributed by atoms with Crippen LogP contribution in [0.3, 0.4) is 0 Å². The maximum atomic E-state index is 11.5. The zero-order valence-corrected chi connectivity index (χ0v) is 16.4. The zero-order valence-electron chi connectivity index (χ0n) is 15.6. The highest BCUT2D eigenvalue weighted by molar-refractivity contribution is 7.97. The number of carbonyl (C=O) groups excluding carboxylic acids is 1. The monoisotopic (exact) mass is 399 g/mol. The molecule has 1 aromatic carbocycles. The maximum absolute atomic E-state index is 11.5. The number of carboxylic acid groups (broad SMARTS) is 1. The van der Waals surface area contributed by atoms with Gasteiger partial charge in [0.2, 0.25) is 0 Å². The molecule has 0 saturated heterocycles. The molecule has 0 fully saturated rings. The van der Waals surface area contributed by atoms with Gasteiger partial charge in [-0.2, -0.15) is 0 Å². The summed E-state index contributed by atoms with van der Waals surface area (Å²) in [5, 5.41) is 22.9. The van der Waals surface area contributed by atoms with Gasteiger partial charge in [0.15, 0.2) is 0 Å². The third-order valence-electron chi connectivity index (χ3n) is 3.26. The molecule has 1 unspecified atom stereocenters. The molecular formula is C17H25N3O6S. The zero-order chi connectivity index (χ0) is 20.4. The van der Waals surface area contributed by atoms with Crippen LogP contribution in [-0.2, 0) is 9.53 Å². The molecule has 1 rings (SSSR count). The van der Waals surface area contributed by atoms with Crippen LogP contribution in [0, 0.1) is 10.1 Å². The minimum absolute atomic E-state index is 0.0827. The van der Waals surface area contributed by atoms with Crippen molar-refractivity contribution in [3.8, 4) is 0 Å². The van der Waals surface area contributed by atoms with Gasteiger partial charge < -0.3 is 15.2 Å². The fourth-order valence-corrected chi connectivity index (χ4v) is 2.92. The lowest BCUT2D eigenvalue weighted by molar-refractivity contribution is -0.387. The summed E-state index contributed by atoms with van der Waals surface area (Å²) in [6.45, 7) is 5.68. The van der Waals surface area contributed by atoms with E-state index in [1.165, 1.54) is 6.07 Å². The van der Waals surface area contributed by atoms with Crippen molar-refractivity contribution in [2.45, 2.75) is 56.6 Å². The SMILES string of the molecule is CC(C)(C)OC(=O)NCCCCC(NSc1ccccc1[N+](=O)[O-])C(=O)O. The van der Waals surface area contributed by atoms with Crippen molar-refractivity contribution in [2.24, 2.45) is 0 Å². The number of carboxylic acids is 1. The van der Waals surface area contributed by atoms with E-state index in [4.69, 9.17) is 4.74 Å². The largest absolute Gasteiger partial charge is 0.480 e. The number of unbranched alkanes of at least 4 members (excludes halogenated alkanes) is 1. The lowest BCUT2D eigenvalue weighted by atomic mass is 10.1. The van der Waals surface area contributed by atoms with Crippen LogP contribution < -0.4 is 10.0 Å². The van der Waals surface area contributed by atoms with E-state index in [0.717, 1.165) is 11.9 Å². The van der Waals surface area contributed by atoms with Gasteiger partial charge >= 0.3 is 12.1 Å². The van der Waals surface area contributed by atoms with Crippen LogP contribution in [-0.4, -0.2) is 40.3 Å². The number of benzene rings is 1. The third kappa shape index (κ3) is 9.25. The number of carbonyl (C=O) groups is 2. The van der Waals surface area contributed by atoms with Crippen LogP contribution in [0.4, 0.5) is 10.5 Å². The van der Waals surface area contributed by atoms with Gasteiger partial charge in [0, 0.05) is 12.6 Å². The molecule has 0 aliphatic heterocycles. The maximum Gasteiger partial charge on any atom is 0.407 e. The number of nitro groups is 1. The number of alkyl carbamates (subject to hydrolysis) is 1. The number of para-hydroxylation sites is 1. The predicted octanol–water partition coefficient (Wildman–Crippen LogP) is 3.34. The minimum Gasteiger partial charge on any atom is -0.480 e. The molecule has 0 aliphatic rings. The van der Waals surface area contributed by atoms with Crippen LogP contribution in [0.1, 0.15) is 40.0 Å². The molecule has 1 aromatic rings. The van der Waals surface area contributed by atoms with Crippen molar-refractivity contribution in [3.05, 3.63) is 34.4 Å². The number of rotatable bonds is 10. The van der Waals surface area contributed by atoms with Gasteiger partial charge in [0.25, 0.3) is 5.69 Å². The van der Waals surface area contributed by atoms with Crippen LogP contribution in [0.5, 0.6) is 0 Å². The van der Waals surface area contributed by atoms with Crippen LogP contribution >= 0.6 is 11.9 Å². The summed E-state index contributed by atoms with van der Waals surface area (Å²) in [6.07, 6.45) is 0.944. The fraction of sp³-hybridized carbons (Fsp3) is 0.529. The van der Waals surface area contributed by atoms with Gasteiger partial charge in [-0.3, -0.25) is 14.9 Å². The minimum atomic E-state index is -1.04. The number of nitrogens with zero attached hydrogens (tertiary/aromatic N) is 1. The molecule has 1 atom stereocenters. The smallest absolute Gasteiger partial charge is 0.407 e. The van der Waals surface area contributed by atoms with Crippen molar-refractivity contribution in [3.63, 3.8) is 0 Å². The number of ether oxygens (including phenoxy) is 1. The molecule has 27 heavy (non-hydrogen) atoms. The molecule has 0 radical (unpaired) electrons. The molecule has 0 aromatic heterocycles. The molecule has 3 N–H and O–H groups in total. The summed E-state index contributed by atoms with van der Waals surface area (Å²) >= 11 is 0.925. The van der Waals surface area contributed by atoms with Crippen LogP contribution in [0.2, 0.25) is 0 Å². The molecule has 0 aliphatic carbocycles. The summed E-state index contributed by atoms with van der Waals surface area (Å²) in [6, 6.07) is 5.25. The van der Waals surface area contributed by atoms with Gasteiger partial charge in [-0.05, 0) is 58.0 Å². The highest BCUT2D eigenvalue weighted by atomic mass is 32.2. The Bertz CT molecular complexity index is 662. The van der Waals surface area contributed by atoms with E-state index in [-0.39, 0.29) is 5.69 Å². The van der Waals surface area contributed by atoms with E-state index in [2.05, 4.69) is 10.0 Å². The highest BCUT2D eigenvalue weighted by Gasteiger charge is 2.20. The van der Waals surface area contributed by atoms with E-state index in [9.17, 15) is 24.8 Å². The van der Waals surface area contributed by atoms with Crippen molar-refractivity contribution < 1.29 is 24.4 Å². The van der Waals surface area contributed by atoms with Crippen LogP contribution in [0.25, 0.3) is 0 Å². The normalized spacial score (nSPS) is 12.3. The first-order chi connectivity index (χ1) is 12.6. The van der Waals surface area contributed by atoms with E-state index >= 15 is 0 Å². The second kappa shape index (κ2) is 10.7. The summed E-state index contributed by atoms with van der Waals surface area (Å²) in [5.74, 6) is -1.04. The van der Waals surface area contributed by atoms with Gasteiger partial charge in [0.05, 0.1) is 4.92 Å². The molecular weight excluding hydrogens is 374 g/mol. The first-order valence-electron chi connectivity index (χ1n) is 8.45. The Morgan fingerprint density at radius 2 is 1.96 bits per heavy atom. The van der Waals surface area contributed by atoms with Crippen molar-refractivity contribution >= 4 is 29.7 Å². The average molecular weight is 399 g/mol. The lowest BCUT2D eigenvalue weighted by Gasteiger charge is -2.19. The Hall–Kier alpha value is -2.33. The molecule has 0 heterocycles. The van der Waals surface area contributed by atoms with E-state index in [0.29, 0.717) is 30.7 Å². The molecule has 0 spiro atoms. The summed E-state index contributed by atoms with van der Waals surface area (Å²) in [7, 11) is 0. The van der Waals surface area contributed by atoms with Crippen molar-refractivity contribution in [1.82, 2.24) is 10.0 Å². The Kier molecular flexibility index (Phi) is 9.03. The van der Waals surface area contributed by atoms with E-state index in [1.807, 2.05) is 0 Å². The summed E-state index contributed by atoms with van der Waals surface area (Å²) in [4.78, 5) is 33.7. The number of nitrogens with one attached hydrogen (secondary N) is 2. The Morgan fingerprint density at radius 1 is 1.30 bits per heavy atom. The Labute approximate surface area is 162 Å². The number of hydrogen-bond acceptors (Lipinski definition) is 7. The molecule has 1 amide bonds. The topological polar surface area (TPSA) is 131 Å². The van der Waals surface area contributed by atoms with Gasteiger partial charge in [-0.15, -0.1) is 0 Å². The summed E-state index contributed by atoms with van der Waals surface area (Å²) < 4.78 is 7.87. The van der Waals surface area contributed by atoms with Crippen LogP contribution in [0.15, 0.2) is 29.2 Å². The number of hydrogen-bond donors (Lipinski definition) is 3. The standard InChI is InChI=1S/C17H25N3O6S/c1-17(2,3)26-16(23)18-11-7-6-8-12(15(21)22)19-27-14-10-5-4-9-13(14)20(24)25/h4-5,9-10,12,19H,6-8,11H2,1-3H3,(H,18,23)(H,21,22). The molecule has 0 saturated carbocycles. The second-order valence-corrected chi connectivity index (χ2v) is 7.64. The summed E-state index contributed by atoms with van der Waals surface area (Å²) in [5.41, 5.74) is -0.652. The molecule has 9 nitrogen and oxygen atoms in total. The van der Waals surface area contributed by atoms with Gasteiger partial charge in [0.1, 0.15) is 16.5 Å². The number of nitro benzene ring substituents is 1. The number of aliphatic carboxylic acids is 1. The van der Waals surface area contributed by atoms with E-state index in [1.54, 1.807) is 39.0 Å². The molecule has 10 heteroatoms. The first-order valence-corrected chi connectivity index (χ1v) is 9.27. The fourth-order valence-electron chi connectivity index (χ4n) is 2.04. The van der Waals surface area contributed by atoms with Gasteiger partial charge in [-0.1, -0.05) is 12.1 Å². The van der Waals surface area contributed by atoms with Gasteiger partial charge in [-0.25, -0.2) is 9.52 Å². The predicted molar refractivity (Wildman–Crippen MR) is 102 cm³/mol. The quantitative estimate of drug-likeness (QED) is 0.236. The van der Waals surface area contributed by atoms with Crippen molar-refractivity contribution in [2.75, 3.05) is 6.54 Å². The Morgan fingerprint density at radius 3 is 2.56 bits per heavy atom. The highest BCUT2D eigenvalue weighted by Crippen LogP contribution is 2.27. The van der Waals surface area contributed by atoms with E-state index < -0.39 is 28.6 Å². The van der Waals surface area contributed by atoms with Crippen molar-refractivity contribution in [1.29, 1.82) is 0 Å². The average Bonchev–Trinajstić information content (AvgIpc) is 2.55. The second-order valence-electron chi connectivity index (χ2n) is 6.76. The molecule has 150 valence electrons. The molecule has 0 bridgehead atoms. The lowest BCUT2D eigenvalue weighted by Crippen LogP contribution is -2.34. The first kappa shape index (κ1) is 22.7. The third-order valence-corrected chi connectivity index (χ3v) is 4.23. The Balaban J connectivity index is 2.40.